The Balaban J connectivity index is 0.000000791. The van der Waals surface area contributed by atoms with Gasteiger partial charge in [0, 0.05) is 0 Å². The molecule has 14 heavy (non-hydrogen) atoms. The smallest absolute Gasteiger partial charge is 0.335 e. The van der Waals surface area contributed by atoms with Crippen molar-refractivity contribution in [2.75, 3.05) is 0 Å². The van der Waals surface area contributed by atoms with Crippen LogP contribution in [-0.4, -0.2) is 11.1 Å². The molecule has 0 spiro atoms. The number of benzene rings is 1. The molecular weight excluding hydrogens is 183 g/mol. The third-order valence-corrected chi connectivity index (χ3v) is 1.68. The van der Waals surface area contributed by atoms with Crippen LogP contribution in [0.5, 0.6) is 0 Å². The lowest BCUT2D eigenvalue weighted by molar-refractivity contribution is 0.0696. The van der Waals surface area contributed by atoms with Crippen molar-refractivity contribution >= 4 is 5.97 Å². The molecule has 0 atom stereocenters. The molecule has 0 aromatic heterocycles. The lowest BCUT2D eigenvalue weighted by Crippen LogP contribution is -1.98. The highest BCUT2D eigenvalue weighted by atomic mass is 19.1. The lowest BCUT2D eigenvalue weighted by Gasteiger charge is -1.99. The third kappa shape index (κ3) is 3.17. The van der Waals surface area contributed by atoms with E-state index < -0.39 is 11.8 Å². The van der Waals surface area contributed by atoms with Gasteiger partial charge in [0.05, 0.1) is 5.56 Å². The molecule has 1 aromatic carbocycles. The summed E-state index contributed by atoms with van der Waals surface area (Å²) in [5.74, 6) is -1.55. The van der Waals surface area contributed by atoms with Crippen LogP contribution < -0.4 is 0 Å². The number of halogens is 1. The van der Waals surface area contributed by atoms with Crippen molar-refractivity contribution in [3.63, 3.8) is 0 Å². The van der Waals surface area contributed by atoms with E-state index in [-0.39, 0.29) is 5.56 Å². The number of carbonyl (C=O) groups is 1. The van der Waals surface area contributed by atoms with E-state index in [0.29, 0.717) is 12.0 Å². The molecule has 1 N–H and O–H groups in total. The second-order valence-electron chi connectivity index (χ2n) is 2.46. The topological polar surface area (TPSA) is 37.3 Å². The minimum Gasteiger partial charge on any atom is -0.478 e. The van der Waals surface area contributed by atoms with E-state index in [1.165, 1.54) is 12.1 Å². The van der Waals surface area contributed by atoms with Gasteiger partial charge < -0.3 is 5.11 Å². The molecule has 78 valence electrons. The Bertz CT molecular complexity index is 308. The summed E-state index contributed by atoms with van der Waals surface area (Å²) in [4.78, 5) is 10.4. The van der Waals surface area contributed by atoms with E-state index in [1.54, 1.807) is 0 Å². The fourth-order valence-corrected chi connectivity index (χ4v) is 0.967. The number of carboxylic acid groups (broad SMARTS) is 1. The fraction of sp³-hybridized carbons (Fsp3) is 0.364. The van der Waals surface area contributed by atoms with Crippen molar-refractivity contribution < 1.29 is 14.3 Å². The highest BCUT2D eigenvalue weighted by Crippen LogP contribution is 2.10. The van der Waals surface area contributed by atoms with E-state index in [9.17, 15) is 9.18 Å². The van der Waals surface area contributed by atoms with Crippen molar-refractivity contribution in [2.45, 2.75) is 27.2 Å². The molecule has 0 bridgehead atoms. The summed E-state index contributed by atoms with van der Waals surface area (Å²) >= 11 is 0. The Morgan fingerprint density at radius 2 is 2.00 bits per heavy atom. The third-order valence-electron chi connectivity index (χ3n) is 1.68. The first-order valence-electron chi connectivity index (χ1n) is 4.67. The van der Waals surface area contributed by atoms with Crippen molar-refractivity contribution in [1.29, 1.82) is 0 Å². The maximum Gasteiger partial charge on any atom is 0.335 e. The molecule has 0 radical (unpaired) electrons. The summed E-state index contributed by atoms with van der Waals surface area (Å²) in [6.45, 7) is 5.82. The molecule has 0 saturated heterocycles. The second kappa shape index (κ2) is 6.13. The molecule has 0 aliphatic rings. The van der Waals surface area contributed by atoms with Gasteiger partial charge in [0.15, 0.2) is 0 Å². The first-order chi connectivity index (χ1) is 6.65. The van der Waals surface area contributed by atoms with Gasteiger partial charge in [0.1, 0.15) is 5.82 Å². The standard InChI is InChI=1S/C9H9FO2.C2H6/c1-2-6-3-4-7(9(11)12)5-8(6)10;1-2/h3-5H,2H2,1H3,(H,11,12);1-2H3. The first-order valence-corrected chi connectivity index (χ1v) is 4.67. The maximum absolute atomic E-state index is 12.9. The average molecular weight is 198 g/mol. The molecule has 0 heterocycles. The highest BCUT2D eigenvalue weighted by molar-refractivity contribution is 5.87. The normalized spacial score (nSPS) is 8.86. The van der Waals surface area contributed by atoms with E-state index in [1.807, 2.05) is 20.8 Å². The van der Waals surface area contributed by atoms with Gasteiger partial charge in [-0.3, -0.25) is 0 Å². The summed E-state index contributed by atoms with van der Waals surface area (Å²) in [6.07, 6.45) is 0.575. The van der Waals surface area contributed by atoms with Crippen LogP contribution in [0.15, 0.2) is 18.2 Å². The monoisotopic (exact) mass is 198 g/mol. The van der Waals surface area contributed by atoms with Crippen LogP contribution in [0.3, 0.4) is 0 Å². The molecule has 0 saturated carbocycles. The zero-order chi connectivity index (χ0) is 11.1. The molecule has 2 nitrogen and oxygen atoms in total. The number of aryl methyl sites for hydroxylation is 1. The van der Waals surface area contributed by atoms with Crippen LogP contribution in [0.1, 0.15) is 36.7 Å². The quantitative estimate of drug-likeness (QED) is 0.792. The van der Waals surface area contributed by atoms with Gasteiger partial charge in [-0.05, 0) is 24.1 Å². The minimum atomic E-state index is -1.10. The Kier molecular flexibility index (Phi) is 5.53. The van der Waals surface area contributed by atoms with Crippen LogP contribution in [0.25, 0.3) is 0 Å². The minimum absolute atomic E-state index is 0.00954. The Labute approximate surface area is 83.4 Å². The van der Waals surface area contributed by atoms with E-state index in [2.05, 4.69) is 0 Å². The SMILES string of the molecule is CC.CCc1ccc(C(=O)O)cc1F. The second-order valence-corrected chi connectivity index (χ2v) is 2.46. The Hall–Kier alpha value is -1.38. The van der Waals surface area contributed by atoms with Gasteiger partial charge in [-0.2, -0.15) is 0 Å². The van der Waals surface area contributed by atoms with Crippen LogP contribution >= 0.6 is 0 Å². The zero-order valence-electron chi connectivity index (χ0n) is 8.67. The Morgan fingerprint density at radius 1 is 1.43 bits per heavy atom. The summed E-state index contributed by atoms with van der Waals surface area (Å²) in [7, 11) is 0. The van der Waals surface area contributed by atoms with Crippen LogP contribution in [0.4, 0.5) is 4.39 Å². The Morgan fingerprint density at radius 3 is 2.36 bits per heavy atom. The van der Waals surface area contributed by atoms with E-state index in [4.69, 9.17) is 5.11 Å². The van der Waals surface area contributed by atoms with Crippen molar-refractivity contribution in [3.05, 3.63) is 35.1 Å². The van der Waals surface area contributed by atoms with Crippen molar-refractivity contribution in [1.82, 2.24) is 0 Å². The molecule has 1 aromatic rings. The molecule has 0 amide bonds. The van der Waals surface area contributed by atoms with E-state index in [0.717, 1.165) is 6.07 Å². The van der Waals surface area contributed by atoms with Gasteiger partial charge in [0.25, 0.3) is 0 Å². The number of aromatic carboxylic acids is 1. The van der Waals surface area contributed by atoms with Gasteiger partial charge in [-0.1, -0.05) is 26.8 Å². The lowest BCUT2D eigenvalue weighted by atomic mass is 10.1. The molecule has 1 rings (SSSR count). The molecule has 3 heteroatoms. The molecule has 0 fully saturated rings. The maximum atomic E-state index is 12.9. The zero-order valence-corrected chi connectivity index (χ0v) is 8.67. The number of hydrogen-bond acceptors (Lipinski definition) is 1. The van der Waals surface area contributed by atoms with Gasteiger partial charge in [0.2, 0.25) is 0 Å². The highest BCUT2D eigenvalue weighted by Gasteiger charge is 2.06. The first kappa shape index (κ1) is 12.6. The summed E-state index contributed by atoms with van der Waals surface area (Å²) in [5.41, 5.74) is 0.532. The number of carboxylic acids is 1. The largest absolute Gasteiger partial charge is 0.478 e. The van der Waals surface area contributed by atoms with Crippen LogP contribution in [-0.2, 0) is 6.42 Å². The summed E-state index contributed by atoms with van der Waals surface area (Å²) in [5, 5.41) is 8.51. The molecule has 0 unspecified atom stereocenters. The predicted molar refractivity (Wildman–Crippen MR) is 54.1 cm³/mol. The van der Waals surface area contributed by atoms with Crippen molar-refractivity contribution in [3.8, 4) is 0 Å². The van der Waals surface area contributed by atoms with E-state index >= 15 is 0 Å². The summed E-state index contributed by atoms with van der Waals surface area (Å²) in [6, 6.07) is 3.95. The molecule has 0 aliphatic heterocycles. The number of rotatable bonds is 2. The molecular formula is C11H15FO2. The van der Waals surface area contributed by atoms with Gasteiger partial charge in [-0.15, -0.1) is 0 Å². The van der Waals surface area contributed by atoms with Gasteiger partial charge >= 0.3 is 5.97 Å². The number of hydrogen-bond donors (Lipinski definition) is 1. The predicted octanol–water partition coefficient (Wildman–Crippen LogP) is 3.11. The average Bonchev–Trinajstić information content (AvgIpc) is 2.20. The van der Waals surface area contributed by atoms with Gasteiger partial charge in [-0.25, -0.2) is 9.18 Å². The fourth-order valence-electron chi connectivity index (χ4n) is 0.967. The molecule has 0 aliphatic carbocycles. The van der Waals surface area contributed by atoms with Crippen molar-refractivity contribution in [2.24, 2.45) is 0 Å². The van der Waals surface area contributed by atoms with Crippen LogP contribution in [0, 0.1) is 5.82 Å². The summed E-state index contributed by atoms with van der Waals surface area (Å²) < 4.78 is 12.9. The van der Waals surface area contributed by atoms with Crippen LogP contribution in [0.2, 0.25) is 0 Å².